The number of nitrogens with one attached hydrogen (secondary N) is 2. The van der Waals surface area contributed by atoms with E-state index in [0.717, 1.165) is 11.1 Å². The van der Waals surface area contributed by atoms with Crippen molar-refractivity contribution >= 4 is 23.3 Å². The molecular formula is C22H18N8O. The summed E-state index contributed by atoms with van der Waals surface area (Å²) in [6.07, 6.45) is 1.83. The van der Waals surface area contributed by atoms with Gasteiger partial charge in [-0.15, -0.1) is 0 Å². The molecule has 2 heterocycles. The van der Waals surface area contributed by atoms with Crippen molar-refractivity contribution in [1.82, 2.24) is 10.3 Å². The van der Waals surface area contributed by atoms with E-state index >= 15 is 0 Å². The van der Waals surface area contributed by atoms with Crippen LogP contribution in [0.5, 0.6) is 5.75 Å². The Labute approximate surface area is 178 Å². The van der Waals surface area contributed by atoms with Crippen LogP contribution in [0.1, 0.15) is 28.3 Å². The number of aromatic nitrogens is 1. The van der Waals surface area contributed by atoms with Gasteiger partial charge in [0, 0.05) is 5.56 Å². The fourth-order valence-corrected chi connectivity index (χ4v) is 3.34. The largest absolute Gasteiger partial charge is 0.489 e. The van der Waals surface area contributed by atoms with Gasteiger partial charge >= 0.3 is 0 Å². The van der Waals surface area contributed by atoms with Gasteiger partial charge in [0.15, 0.2) is 6.19 Å². The maximum atomic E-state index is 9.43. The van der Waals surface area contributed by atoms with Crippen LogP contribution in [0.15, 0.2) is 59.6 Å². The number of hydrogen-bond donors (Lipinski definition) is 4. The second-order valence-electron chi connectivity index (χ2n) is 6.75. The van der Waals surface area contributed by atoms with Gasteiger partial charge < -0.3 is 21.5 Å². The molecule has 9 heteroatoms. The van der Waals surface area contributed by atoms with E-state index in [1.807, 2.05) is 66.9 Å². The first kappa shape index (κ1) is 19.6. The average molecular weight is 410 g/mol. The van der Waals surface area contributed by atoms with Gasteiger partial charge in [-0.2, -0.15) is 10.5 Å². The lowest BCUT2D eigenvalue weighted by Gasteiger charge is -2.26. The van der Waals surface area contributed by atoms with Crippen molar-refractivity contribution in [1.29, 1.82) is 10.5 Å². The summed E-state index contributed by atoms with van der Waals surface area (Å²) >= 11 is 0. The van der Waals surface area contributed by atoms with Gasteiger partial charge in [0.1, 0.15) is 41.7 Å². The zero-order valence-corrected chi connectivity index (χ0v) is 16.3. The van der Waals surface area contributed by atoms with Crippen molar-refractivity contribution < 1.29 is 4.74 Å². The SMILES string of the molecule is N#CNC1=NC(c2cccc(OCc3ccccc3)c2)c2c(nc(N)c(C#N)c2N)N1. The Morgan fingerprint density at radius 2 is 1.90 bits per heavy atom. The van der Waals surface area contributed by atoms with E-state index in [9.17, 15) is 5.26 Å². The Morgan fingerprint density at radius 1 is 1.10 bits per heavy atom. The number of rotatable bonds is 4. The Hall–Kier alpha value is -4.76. The van der Waals surface area contributed by atoms with Crippen molar-refractivity contribution in [3.63, 3.8) is 0 Å². The van der Waals surface area contributed by atoms with Crippen molar-refractivity contribution in [2.75, 3.05) is 16.8 Å². The third kappa shape index (κ3) is 3.88. The Bertz CT molecular complexity index is 1240. The lowest BCUT2D eigenvalue weighted by molar-refractivity contribution is 0.306. The van der Waals surface area contributed by atoms with Crippen LogP contribution < -0.4 is 26.8 Å². The van der Waals surface area contributed by atoms with Crippen LogP contribution in [0.2, 0.25) is 0 Å². The topological polar surface area (TPSA) is 158 Å². The molecule has 0 aliphatic carbocycles. The van der Waals surface area contributed by atoms with Crippen LogP contribution in [0.25, 0.3) is 0 Å². The fraction of sp³-hybridized carbons (Fsp3) is 0.0909. The number of nitrogen functional groups attached to an aromatic ring is 2. The maximum Gasteiger partial charge on any atom is 0.211 e. The first-order valence-corrected chi connectivity index (χ1v) is 9.36. The highest BCUT2D eigenvalue weighted by Crippen LogP contribution is 2.41. The average Bonchev–Trinajstić information content (AvgIpc) is 2.78. The minimum atomic E-state index is -0.618. The highest BCUT2D eigenvalue weighted by atomic mass is 16.5. The van der Waals surface area contributed by atoms with E-state index < -0.39 is 6.04 Å². The van der Waals surface area contributed by atoms with Crippen molar-refractivity contribution in [3.05, 3.63) is 76.9 Å². The fourth-order valence-electron chi connectivity index (χ4n) is 3.34. The lowest BCUT2D eigenvalue weighted by atomic mass is 9.95. The molecule has 0 bridgehead atoms. The van der Waals surface area contributed by atoms with Crippen LogP contribution >= 0.6 is 0 Å². The maximum absolute atomic E-state index is 9.43. The van der Waals surface area contributed by atoms with Crippen molar-refractivity contribution in [2.24, 2.45) is 4.99 Å². The molecule has 1 aromatic heterocycles. The van der Waals surface area contributed by atoms with Crippen LogP contribution in [-0.4, -0.2) is 10.9 Å². The number of pyridine rings is 1. The van der Waals surface area contributed by atoms with E-state index in [1.54, 1.807) is 0 Å². The van der Waals surface area contributed by atoms with Crippen molar-refractivity contribution in [3.8, 4) is 18.0 Å². The molecule has 1 aliphatic heterocycles. The molecule has 6 N–H and O–H groups in total. The van der Waals surface area contributed by atoms with Gasteiger partial charge in [0.05, 0.1) is 5.69 Å². The summed E-state index contributed by atoms with van der Waals surface area (Å²) < 4.78 is 5.93. The molecule has 0 saturated heterocycles. The standard InChI is InChI=1S/C22H18N8O/c23-10-16-18(25)17-19(28-22(27-12-24)30-21(17)29-20(16)26)14-7-4-8-15(9-14)31-11-13-5-2-1-3-6-13/h1-9,19H,11H2,(H6,25,26,27,28,29,30). The number of guanidine groups is 1. The molecule has 31 heavy (non-hydrogen) atoms. The van der Waals surface area contributed by atoms with Gasteiger partial charge in [0.2, 0.25) is 5.96 Å². The van der Waals surface area contributed by atoms with Gasteiger partial charge in [0.25, 0.3) is 0 Å². The minimum absolute atomic E-state index is 0.00292. The van der Waals surface area contributed by atoms with Gasteiger partial charge in [-0.3, -0.25) is 5.32 Å². The number of hydrogen-bond acceptors (Lipinski definition) is 9. The summed E-state index contributed by atoms with van der Waals surface area (Å²) in [7, 11) is 0. The highest BCUT2D eigenvalue weighted by Gasteiger charge is 2.29. The summed E-state index contributed by atoms with van der Waals surface area (Å²) in [5, 5.41) is 23.8. The Balaban J connectivity index is 1.73. The predicted molar refractivity (Wildman–Crippen MR) is 117 cm³/mol. The Morgan fingerprint density at radius 3 is 2.65 bits per heavy atom. The number of benzene rings is 2. The molecule has 3 aromatic rings. The van der Waals surface area contributed by atoms with Crippen LogP contribution in [0.4, 0.5) is 17.3 Å². The highest BCUT2D eigenvalue weighted by molar-refractivity contribution is 5.98. The number of nitrogens with zero attached hydrogens (tertiary/aromatic N) is 4. The lowest BCUT2D eigenvalue weighted by Crippen LogP contribution is -2.32. The predicted octanol–water partition coefficient (Wildman–Crippen LogP) is 2.64. The molecule has 0 fully saturated rings. The zero-order chi connectivity index (χ0) is 21.8. The van der Waals surface area contributed by atoms with Gasteiger partial charge in [-0.25, -0.2) is 9.98 Å². The molecule has 0 radical (unpaired) electrons. The van der Waals surface area contributed by atoms with E-state index in [-0.39, 0.29) is 23.0 Å². The monoisotopic (exact) mass is 410 g/mol. The van der Waals surface area contributed by atoms with Crippen LogP contribution in [0.3, 0.4) is 0 Å². The summed E-state index contributed by atoms with van der Waals surface area (Å²) in [6.45, 7) is 0.413. The minimum Gasteiger partial charge on any atom is -0.489 e. The first-order chi connectivity index (χ1) is 15.1. The quantitative estimate of drug-likeness (QED) is 0.377. The third-order valence-electron chi connectivity index (χ3n) is 4.78. The summed E-state index contributed by atoms with van der Waals surface area (Å²) in [5.74, 6) is 1.19. The van der Waals surface area contributed by atoms with E-state index in [2.05, 4.69) is 20.6 Å². The molecule has 0 saturated carbocycles. The third-order valence-corrected chi connectivity index (χ3v) is 4.78. The number of aliphatic imine (C=N–C) groups is 1. The molecule has 0 amide bonds. The molecule has 1 atom stereocenters. The molecule has 1 unspecified atom stereocenters. The number of nitriles is 2. The summed E-state index contributed by atoms with van der Waals surface area (Å²) in [5.41, 5.74) is 14.7. The first-order valence-electron chi connectivity index (χ1n) is 9.36. The molecular weight excluding hydrogens is 392 g/mol. The molecule has 1 aliphatic rings. The van der Waals surface area contributed by atoms with E-state index in [0.29, 0.717) is 23.7 Å². The summed E-state index contributed by atoms with van der Waals surface area (Å²) in [4.78, 5) is 8.81. The second-order valence-corrected chi connectivity index (χ2v) is 6.75. The molecule has 152 valence electrons. The smallest absolute Gasteiger partial charge is 0.211 e. The zero-order valence-electron chi connectivity index (χ0n) is 16.3. The molecule has 4 rings (SSSR count). The van der Waals surface area contributed by atoms with Crippen LogP contribution in [-0.2, 0) is 6.61 Å². The van der Waals surface area contributed by atoms with E-state index in [1.165, 1.54) is 0 Å². The summed E-state index contributed by atoms with van der Waals surface area (Å²) in [6, 6.07) is 18.6. The molecule has 9 nitrogen and oxygen atoms in total. The molecule has 0 spiro atoms. The number of fused-ring (bicyclic) bond motifs is 1. The Kier molecular flexibility index (Phi) is 5.24. The van der Waals surface area contributed by atoms with Gasteiger partial charge in [-0.1, -0.05) is 42.5 Å². The number of anilines is 3. The molecule has 2 aromatic carbocycles. The van der Waals surface area contributed by atoms with Gasteiger partial charge in [-0.05, 0) is 23.3 Å². The normalized spacial score (nSPS) is 14.3. The van der Waals surface area contributed by atoms with Crippen LogP contribution in [0, 0.1) is 22.8 Å². The van der Waals surface area contributed by atoms with E-state index in [4.69, 9.17) is 21.5 Å². The number of ether oxygens (including phenoxy) is 1. The van der Waals surface area contributed by atoms with Crippen molar-refractivity contribution in [2.45, 2.75) is 12.6 Å². The second kappa shape index (κ2) is 8.31. The number of nitrogens with two attached hydrogens (primary N) is 2.